The van der Waals surface area contributed by atoms with Crippen LogP contribution in [0.3, 0.4) is 0 Å². The second kappa shape index (κ2) is 4.58. The number of nitrogens with zero attached hydrogens (tertiary/aromatic N) is 2. The van der Waals surface area contributed by atoms with Crippen molar-refractivity contribution in [3.63, 3.8) is 0 Å². The molecule has 2 aromatic heterocycles. The van der Waals surface area contributed by atoms with E-state index in [4.69, 9.17) is 0 Å². The number of nitrogens with one attached hydrogen (secondary N) is 1. The number of H-pyrrole nitrogens is 1. The summed E-state index contributed by atoms with van der Waals surface area (Å²) in [6.07, 6.45) is 2.83. The topological polar surface area (TPSA) is 52.5 Å². The van der Waals surface area contributed by atoms with Gasteiger partial charge in [0, 0.05) is 17.1 Å². The second-order valence-corrected chi connectivity index (χ2v) is 4.44. The van der Waals surface area contributed by atoms with E-state index < -0.39 is 0 Å². The number of aryl methyl sites for hydroxylation is 1. The molecule has 0 amide bonds. The molecule has 3 rings (SSSR count). The minimum absolute atomic E-state index is 0.660. The molecule has 2 heterocycles. The number of pyridine rings is 1. The number of aromatic amines is 1. The summed E-state index contributed by atoms with van der Waals surface area (Å²) >= 11 is 0. The monoisotopic (exact) mass is 247 g/mol. The molecular formula is C16H13N3. The highest BCUT2D eigenvalue weighted by Crippen LogP contribution is 2.28. The number of fused-ring (bicyclic) bond motifs is 1. The largest absolute Gasteiger partial charge is 0.352 e. The molecule has 19 heavy (non-hydrogen) atoms. The molecule has 0 aliphatic carbocycles. The number of hydrogen-bond donors (Lipinski definition) is 1. The van der Waals surface area contributed by atoms with Gasteiger partial charge >= 0.3 is 0 Å². The molecule has 0 spiro atoms. The van der Waals surface area contributed by atoms with E-state index in [9.17, 15) is 5.26 Å². The summed E-state index contributed by atoms with van der Waals surface area (Å²) in [5.41, 5.74) is 4.43. The zero-order chi connectivity index (χ0) is 13.2. The van der Waals surface area contributed by atoms with Crippen LogP contribution in [0.1, 0.15) is 18.1 Å². The van der Waals surface area contributed by atoms with Crippen LogP contribution in [0.15, 0.2) is 42.6 Å². The summed E-state index contributed by atoms with van der Waals surface area (Å²) in [5, 5.41) is 10.3. The molecule has 3 aromatic rings. The highest BCUT2D eigenvalue weighted by Gasteiger charge is 2.13. The third-order valence-corrected chi connectivity index (χ3v) is 3.31. The minimum Gasteiger partial charge on any atom is -0.352 e. The van der Waals surface area contributed by atoms with Crippen LogP contribution < -0.4 is 0 Å². The van der Waals surface area contributed by atoms with Gasteiger partial charge in [0.05, 0.1) is 17.0 Å². The number of rotatable bonds is 2. The van der Waals surface area contributed by atoms with Gasteiger partial charge in [-0.05, 0) is 24.1 Å². The van der Waals surface area contributed by atoms with Crippen LogP contribution in [-0.4, -0.2) is 9.97 Å². The fourth-order valence-electron chi connectivity index (χ4n) is 2.23. The normalized spacial score (nSPS) is 10.5. The predicted octanol–water partition coefficient (Wildman–Crippen LogP) is 3.66. The number of para-hydroxylation sites is 1. The van der Waals surface area contributed by atoms with E-state index in [1.165, 1.54) is 5.56 Å². The molecule has 3 nitrogen and oxygen atoms in total. The van der Waals surface area contributed by atoms with Gasteiger partial charge in [0.25, 0.3) is 0 Å². The zero-order valence-corrected chi connectivity index (χ0v) is 10.6. The number of nitriles is 1. The van der Waals surface area contributed by atoms with Gasteiger partial charge in [-0.2, -0.15) is 5.26 Å². The van der Waals surface area contributed by atoms with E-state index in [-0.39, 0.29) is 0 Å². The zero-order valence-electron chi connectivity index (χ0n) is 10.6. The van der Waals surface area contributed by atoms with Crippen molar-refractivity contribution in [1.82, 2.24) is 9.97 Å². The third kappa shape index (κ3) is 1.88. The van der Waals surface area contributed by atoms with E-state index in [0.29, 0.717) is 5.56 Å². The molecule has 1 N–H and O–H groups in total. The molecule has 92 valence electrons. The Morgan fingerprint density at radius 2 is 2.05 bits per heavy atom. The SMILES string of the molecule is CCc1ccc(-c2[nH]c3ccccc3c2C#N)nc1. The Labute approximate surface area is 111 Å². The smallest absolute Gasteiger partial charge is 0.102 e. The average Bonchev–Trinajstić information content (AvgIpc) is 2.85. The van der Waals surface area contributed by atoms with E-state index >= 15 is 0 Å². The maximum absolute atomic E-state index is 9.37. The van der Waals surface area contributed by atoms with Crippen molar-refractivity contribution in [2.45, 2.75) is 13.3 Å². The first kappa shape index (κ1) is 11.5. The van der Waals surface area contributed by atoms with Gasteiger partial charge in [-0.3, -0.25) is 4.98 Å². The van der Waals surface area contributed by atoms with Crippen LogP contribution in [0.2, 0.25) is 0 Å². The molecule has 0 aliphatic heterocycles. The van der Waals surface area contributed by atoms with E-state index in [1.807, 2.05) is 36.5 Å². The molecule has 0 atom stereocenters. The number of hydrogen-bond acceptors (Lipinski definition) is 2. The van der Waals surface area contributed by atoms with E-state index in [2.05, 4.69) is 29.0 Å². The van der Waals surface area contributed by atoms with Crippen LogP contribution in [-0.2, 0) is 6.42 Å². The van der Waals surface area contributed by atoms with Gasteiger partial charge in [0.15, 0.2) is 0 Å². The molecule has 0 radical (unpaired) electrons. The van der Waals surface area contributed by atoms with Crippen molar-refractivity contribution in [3.05, 3.63) is 53.7 Å². The fraction of sp³-hybridized carbons (Fsp3) is 0.125. The Bertz CT molecular complexity index is 761. The highest BCUT2D eigenvalue weighted by molar-refractivity contribution is 5.92. The maximum Gasteiger partial charge on any atom is 0.102 e. The number of aromatic nitrogens is 2. The van der Waals surface area contributed by atoms with Crippen LogP contribution in [0, 0.1) is 11.3 Å². The van der Waals surface area contributed by atoms with Gasteiger partial charge in [-0.15, -0.1) is 0 Å². The van der Waals surface area contributed by atoms with Gasteiger partial charge < -0.3 is 4.98 Å². The summed E-state index contributed by atoms with van der Waals surface area (Å²) < 4.78 is 0. The van der Waals surface area contributed by atoms with Crippen LogP contribution in [0.25, 0.3) is 22.3 Å². The predicted molar refractivity (Wildman–Crippen MR) is 75.6 cm³/mol. The first-order valence-electron chi connectivity index (χ1n) is 6.29. The molecule has 0 saturated heterocycles. The summed E-state index contributed by atoms with van der Waals surface area (Å²) in [6.45, 7) is 2.10. The lowest BCUT2D eigenvalue weighted by atomic mass is 10.1. The molecular weight excluding hydrogens is 234 g/mol. The van der Waals surface area contributed by atoms with Crippen molar-refractivity contribution in [2.24, 2.45) is 0 Å². The summed E-state index contributed by atoms with van der Waals surface area (Å²) in [6, 6.07) is 14.1. The molecule has 0 fully saturated rings. The average molecular weight is 247 g/mol. The van der Waals surface area contributed by atoms with Crippen molar-refractivity contribution in [1.29, 1.82) is 5.26 Å². The van der Waals surface area contributed by atoms with Crippen molar-refractivity contribution in [3.8, 4) is 17.5 Å². The fourth-order valence-corrected chi connectivity index (χ4v) is 2.23. The Morgan fingerprint density at radius 3 is 2.74 bits per heavy atom. The standard InChI is InChI=1S/C16H13N3/c1-2-11-7-8-15(18-10-11)16-13(9-17)12-5-3-4-6-14(12)19-16/h3-8,10,19H,2H2,1H3. The van der Waals surface area contributed by atoms with Gasteiger partial charge in [0.1, 0.15) is 6.07 Å². The van der Waals surface area contributed by atoms with Crippen LogP contribution in [0.5, 0.6) is 0 Å². The van der Waals surface area contributed by atoms with Gasteiger partial charge in [-0.25, -0.2) is 0 Å². The van der Waals surface area contributed by atoms with Gasteiger partial charge in [0.2, 0.25) is 0 Å². The van der Waals surface area contributed by atoms with Crippen LogP contribution in [0.4, 0.5) is 0 Å². The molecule has 0 unspecified atom stereocenters. The van der Waals surface area contributed by atoms with E-state index in [0.717, 1.165) is 28.7 Å². The molecule has 1 aromatic carbocycles. The minimum atomic E-state index is 0.660. The molecule has 0 aliphatic rings. The Balaban J connectivity index is 2.21. The van der Waals surface area contributed by atoms with Crippen molar-refractivity contribution >= 4 is 10.9 Å². The van der Waals surface area contributed by atoms with Crippen LogP contribution >= 0.6 is 0 Å². The number of benzene rings is 1. The second-order valence-electron chi connectivity index (χ2n) is 4.44. The van der Waals surface area contributed by atoms with Crippen molar-refractivity contribution < 1.29 is 0 Å². The third-order valence-electron chi connectivity index (χ3n) is 3.31. The molecule has 0 bridgehead atoms. The summed E-state index contributed by atoms with van der Waals surface area (Å²) in [5.74, 6) is 0. The first-order chi connectivity index (χ1) is 9.33. The Hall–Kier alpha value is -2.60. The molecule has 3 heteroatoms. The van der Waals surface area contributed by atoms with E-state index in [1.54, 1.807) is 0 Å². The lowest BCUT2D eigenvalue weighted by Crippen LogP contribution is -1.88. The maximum atomic E-state index is 9.37. The summed E-state index contributed by atoms with van der Waals surface area (Å²) in [4.78, 5) is 7.73. The molecule has 0 saturated carbocycles. The Morgan fingerprint density at radius 1 is 1.21 bits per heavy atom. The van der Waals surface area contributed by atoms with Gasteiger partial charge in [-0.1, -0.05) is 31.2 Å². The first-order valence-corrected chi connectivity index (χ1v) is 6.29. The summed E-state index contributed by atoms with van der Waals surface area (Å²) in [7, 11) is 0. The Kier molecular flexibility index (Phi) is 2.77. The lowest BCUT2D eigenvalue weighted by Gasteiger charge is -2.00. The van der Waals surface area contributed by atoms with Crippen molar-refractivity contribution in [2.75, 3.05) is 0 Å². The highest BCUT2D eigenvalue weighted by atomic mass is 14.8. The quantitative estimate of drug-likeness (QED) is 0.751. The lowest BCUT2D eigenvalue weighted by molar-refractivity contribution is 1.10.